The fourth-order valence-electron chi connectivity index (χ4n) is 2.81. The second-order valence-corrected chi connectivity index (χ2v) is 7.63. The van der Waals surface area contributed by atoms with Gasteiger partial charge in [0.25, 0.3) is 0 Å². The van der Waals surface area contributed by atoms with Gasteiger partial charge in [0.05, 0.1) is 30.1 Å². The van der Waals surface area contributed by atoms with Gasteiger partial charge in [-0.05, 0) is 18.2 Å². The normalized spacial score (nSPS) is 11.6. The smallest absolute Gasteiger partial charge is 0.475 e. The zero-order valence-corrected chi connectivity index (χ0v) is 20.9. The molecule has 44 heavy (non-hydrogen) atoms. The van der Waals surface area contributed by atoms with E-state index in [-0.39, 0.29) is 0 Å². The van der Waals surface area contributed by atoms with Crippen molar-refractivity contribution in [1.82, 2.24) is 29.9 Å². The SMILES string of the molecule is O=C(O)C(F)(F)F.O=C(O)C(F)(F)F.O=C(O)C(F)(F)F.c1cnc2c(c1)-c1nc(-c3cnc[nH]3)[nH]c1-c1ccncc1N2. The molecule has 4 aromatic rings. The molecule has 0 fully saturated rings. The minimum absolute atomic E-state index is 0.743. The molecule has 22 heteroatoms. The molecular formula is C22H14F9N7O6. The molecule has 0 bridgehead atoms. The highest BCUT2D eigenvalue weighted by Crippen LogP contribution is 2.42. The third-order valence-electron chi connectivity index (χ3n) is 4.59. The number of imidazole rings is 2. The Morgan fingerprint density at radius 1 is 0.727 bits per heavy atom. The first-order valence-corrected chi connectivity index (χ1v) is 10.9. The molecule has 4 aromatic heterocycles. The number of aliphatic carboxylic acids is 3. The number of hydrogen-bond donors (Lipinski definition) is 6. The van der Waals surface area contributed by atoms with E-state index in [0.717, 1.165) is 45.5 Å². The van der Waals surface area contributed by atoms with E-state index >= 15 is 0 Å². The Kier molecular flexibility index (Phi) is 10.6. The Bertz CT molecular complexity index is 1480. The van der Waals surface area contributed by atoms with E-state index in [9.17, 15) is 39.5 Å². The number of rotatable bonds is 1. The summed E-state index contributed by atoms with van der Waals surface area (Å²) in [6.45, 7) is 0. The number of carboxylic acid groups (broad SMARTS) is 3. The largest absolute Gasteiger partial charge is 0.490 e. The highest BCUT2D eigenvalue weighted by atomic mass is 19.4. The van der Waals surface area contributed by atoms with Crippen molar-refractivity contribution in [2.24, 2.45) is 0 Å². The van der Waals surface area contributed by atoms with Crippen LogP contribution in [-0.4, -0.2) is 81.7 Å². The molecule has 0 radical (unpaired) electrons. The molecule has 6 N–H and O–H groups in total. The van der Waals surface area contributed by atoms with E-state index in [0.29, 0.717) is 0 Å². The van der Waals surface area contributed by atoms with Crippen LogP contribution in [0.25, 0.3) is 34.0 Å². The number of pyridine rings is 2. The van der Waals surface area contributed by atoms with E-state index in [1.165, 1.54) is 0 Å². The van der Waals surface area contributed by atoms with Gasteiger partial charge in [-0.3, -0.25) is 4.98 Å². The van der Waals surface area contributed by atoms with E-state index in [4.69, 9.17) is 34.7 Å². The zero-order chi connectivity index (χ0) is 33.5. The average molecular weight is 643 g/mol. The predicted octanol–water partition coefficient (Wildman–Crippen LogP) is 4.88. The predicted molar refractivity (Wildman–Crippen MR) is 127 cm³/mol. The first kappa shape index (κ1) is 34.5. The first-order chi connectivity index (χ1) is 20.2. The van der Waals surface area contributed by atoms with Crippen molar-refractivity contribution in [1.29, 1.82) is 0 Å². The van der Waals surface area contributed by atoms with Crippen LogP contribution in [0.4, 0.5) is 51.0 Å². The number of halogens is 9. The standard InChI is InChI=1S/C16H11N7.3C2HF3O2/c1-2-10-14-13(22-16(23-14)12-7-18-8-20-12)9-3-5-17-6-11(9)21-15(10)19-4-1;3*3-2(4,5)1(6)7/h1-8H,(H,18,20)(H,19,21)(H,22,23);3*(H,6,7). The van der Waals surface area contributed by atoms with Crippen molar-refractivity contribution in [3.63, 3.8) is 0 Å². The van der Waals surface area contributed by atoms with Gasteiger partial charge in [0.1, 0.15) is 17.2 Å². The minimum Gasteiger partial charge on any atom is -0.475 e. The number of fused-ring (bicyclic) bond motifs is 5. The summed E-state index contributed by atoms with van der Waals surface area (Å²) < 4.78 is 95.2. The Morgan fingerprint density at radius 3 is 1.75 bits per heavy atom. The van der Waals surface area contributed by atoms with Gasteiger partial charge in [0.2, 0.25) is 0 Å². The van der Waals surface area contributed by atoms with Gasteiger partial charge in [-0.1, -0.05) is 0 Å². The quantitative estimate of drug-likeness (QED) is 0.136. The van der Waals surface area contributed by atoms with Crippen LogP contribution in [0.3, 0.4) is 0 Å². The van der Waals surface area contributed by atoms with Gasteiger partial charge in [-0.2, -0.15) is 39.5 Å². The monoisotopic (exact) mass is 643 g/mol. The summed E-state index contributed by atoms with van der Waals surface area (Å²) in [5.74, 6) is -6.76. The molecule has 13 nitrogen and oxygen atoms in total. The number of aromatic nitrogens is 6. The number of carboxylic acids is 3. The molecule has 0 amide bonds. The number of nitrogens with one attached hydrogen (secondary N) is 3. The molecule has 0 unspecified atom stereocenters. The third kappa shape index (κ3) is 9.42. The summed E-state index contributed by atoms with van der Waals surface area (Å²) in [6.07, 6.45) is -6.55. The van der Waals surface area contributed by atoms with Crippen LogP contribution in [0.5, 0.6) is 0 Å². The summed E-state index contributed by atoms with van der Waals surface area (Å²) in [4.78, 5) is 50.6. The van der Waals surface area contributed by atoms with Crippen molar-refractivity contribution in [3.05, 3.63) is 49.3 Å². The maximum absolute atomic E-state index is 10.6. The first-order valence-electron chi connectivity index (χ1n) is 10.9. The van der Waals surface area contributed by atoms with Crippen molar-refractivity contribution in [2.45, 2.75) is 18.5 Å². The number of carbonyl (C=O) groups is 3. The van der Waals surface area contributed by atoms with Crippen LogP contribution in [-0.2, 0) is 14.4 Å². The lowest BCUT2D eigenvalue weighted by atomic mass is 10.1. The van der Waals surface area contributed by atoms with Crippen LogP contribution in [0.1, 0.15) is 0 Å². The Morgan fingerprint density at radius 2 is 1.27 bits per heavy atom. The van der Waals surface area contributed by atoms with Gasteiger partial charge in [0, 0.05) is 23.5 Å². The van der Waals surface area contributed by atoms with Gasteiger partial charge < -0.3 is 30.6 Å². The lowest BCUT2D eigenvalue weighted by molar-refractivity contribution is -0.193. The molecule has 236 valence electrons. The molecule has 0 saturated carbocycles. The fourth-order valence-corrected chi connectivity index (χ4v) is 2.81. The van der Waals surface area contributed by atoms with Crippen molar-refractivity contribution < 1.29 is 69.2 Å². The summed E-state index contributed by atoms with van der Waals surface area (Å²) in [5, 5.41) is 24.7. The van der Waals surface area contributed by atoms with Crippen molar-refractivity contribution in [3.8, 4) is 34.0 Å². The number of hydrogen-bond acceptors (Lipinski definition) is 8. The van der Waals surface area contributed by atoms with E-state index < -0.39 is 36.4 Å². The molecule has 1 aliphatic rings. The summed E-state index contributed by atoms with van der Waals surface area (Å²) in [6, 6.07) is 5.87. The Hall–Kier alpha value is -5.70. The molecule has 5 rings (SSSR count). The van der Waals surface area contributed by atoms with Crippen LogP contribution in [0.15, 0.2) is 49.3 Å². The van der Waals surface area contributed by atoms with E-state index in [2.05, 4.69) is 30.2 Å². The highest BCUT2D eigenvalue weighted by molar-refractivity contribution is 5.95. The molecule has 5 heterocycles. The number of H-pyrrole nitrogens is 2. The van der Waals surface area contributed by atoms with Crippen LogP contribution in [0, 0.1) is 0 Å². The van der Waals surface area contributed by atoms with Gasteiger partial charge in [0.15, 0.2) is 5.82 Å². The molecule has 0 atom stereocenters. The van der Waals surface area contributed by atoms with Crippen LogP contribution in [0.2, 0.25) is 0 Å². The number of anilines is 2. The Balaban J connectivity index is 0.000000266. The number of nitrogens with zero attached hydrogens (tertiary/aromatic N) is 4. The minimum atomic E-state index is -5.08. The molecule has 0 aliphatic carbocycles. The zero-order valence-electron chi connectivity index (χ0n) is 20.9. The van der Waals surface area contributed by atoms with E-state index in [1.807, 2.05) is 18.2 Å². The maximum Gasteiger partial charge on any atom is 0.490 e. The summed E-state index contributed by atoms with van der Waals surface area (Å²) in [7, 11) is 0. The van der Waals surface area contributed by atoms with Crippen molar-refractivity contribution in [2.75, 3.05) is 5.32 Å². The van der Waals surface area contributed by atoms with Gasteiger partial charge >= 0.3 is 36.4 Å². The average Bonchev–Trinajstić information content (AvgIpc) is 3.57. The maximum atomic E-state index is 10.6. The van der Waals surface area contributed by atoms with Crippen LogP contribution < -0.4 is 5.32 Å². The molecule has 1 aliphatic heterocycles. The lowest BCUT2D eigenvalue weighted by Gasteiger charge is -2.07. The molecular weight excluding hydrogens is 629 g/mol. The molecule has 0 spiro atoms. The number of alkyl halides is 9. The summed E-state index contributed by atoms with van der Waals surface area (Å²) >= 11 is 0. The van der Waals surface area contributed by atoms with Gasteiger partial charge in [-0.15, -0.1) is 0 Å². The lowest BCUT2D eigenvalue weighted by Crippen LogP contribution is -2.21. The number of aromatic amines is 2. The highest BCUT2D eigenvalue weighted by Gasteiger charge is 2.39. The molecule has 0 saturated heterocycles. The van der Waals surface area contributed by atoms with Crippen molar-refractivity contribution >= 4 is 29.4 Å². The van der Waals surface area contributed by atoms with Crippen LogP contribution >= 0.6 is 0 Å². The summed E-state index contributed by atoms with van der Waals surface area (Å²) in [5.41, 5.74) is 5.48. The molecule has 0 aromatic carbocycles. The second-order valence-electron chi connectivity index (χ2n) is 7.63. The Labute approximate surface area is 236 Å². The fraction of sp³-hybridized carbons (Fsp3) is 0.136. The topological polar surface area (TPSA) is 207 Å². The third-order valence-corrected chi connectivity index (χ3v) is 4.59. The van der Waals surface area contributed by atoms with E-state index in [1.54, 1.807) is 31.1 Å². The van der Waals surface area contributed by atoms with Gasteiger partial charge in [-0.25, -0.2) is 29.3 Å². The second kappa shape index (κ2) is 13.5.